The molecular formula is C49H36N4O4. The monoisotopic (exact) mass is 744 g/mol. The van der Waals surface area contributed by atoms with Crippen LogP contribution >= 0.6 is 0 Å². The summed E-state index contributed by atoms with van der Waals surface area (Å²) in [5, 5.41) is 0. The summed E-state index contributed by atoms with van der Waals surface area (Å²) in [7, 11) is 0. The quantitative estimate of drug-likeness (QED) is 0.101. The molecule has 2 atom stereocenters. The van der Waals surface area contributed by atoms with E-state index >= 15 is 0 Å². The Balaban J connectivity index is 1.18. The second-order valence-electron chi connectivity index (χ2n) is 14.8. The maximum absolute atomic E-state index is 13.9. The van der Waals surface area contributed by atoms with Gasteiger partial charge in [0.2, 0.25) is 0 Å². The summed E-state index contributed by atoms with van der Waals surface area (Å²) in [6, 6.07) is 50.7. The van der Waals surface area contributed by atoms with Gasteiger partial charge in [0.15, 0.2) is 0 Å². The highest BCUT2D eigenvalue weighted by Crippen LogP contribution is 2.61. The number of rotatable bonds is 10. The number of carbonyl (C=O) groups is 2. The van der Waals surface area contributed by atoms with Crippen LogP contribution in [-0.2, 0) is 20.4 Å². The van der Waals surface area contributed by atoms with Crippen molar-refractivity contribution in [2.75, 3.05) is 0 Å². The third-order valence-corrected chi connectivity index (χ3v) is 11.5. The van der Waals surface area contributed by atoms with Crippen molar-refractivity contribution in [3.05, 3.63) is 180 Å². The molecule has 276 valence electrons. The number of carbonyl (C=O) groups excluding carboxylic acids is 2. The predicted molar refractivity (Wildman–Crippen MR) is 219 cm³/mol. The number of para-hydroxylation sites is 6. The molecule has 0 bridgehead atoms. The number of hydrogen-bond donors (Lipinski definition) is 0. The van der Waals surface area contributed by atoms with E-state index in [2.05, 4.69) is 24.3 Å². The maximum Gasteiger partial charge on any atom is 0.311 e. The third-order valence-electron chi connectivity index (χ3n) is 11.5. The zero-order valence-corrected chi connectivity index (χ0v) is 31.0. The number of esters is 2. The lowest BCUT2D eigenvalue weighted by atomic mass is 9.61. The van der Waals surface area contributed by atoms with Gasteiger partial charge in [0.25, 0.3) is 0 Å². The lowest BCUT2D eigenvalue weighted by Crippen LogP contribution is -2.40. The molecule has 2 unspecified atom stereocenters. The maximum atomic E-state index is 13.9. The normalized spacial score (nSPS) is 17.4. The fraction of sp³-hybridized carbons (Fsp3) is 0.143. The molecule has 57 heavy (non-hydrogen) atoms. The summed E-state index contributed by atoms with van der Waals surface area (Å²) < 4.78 is 11.8. The molecule has 2 aliphatic carbocycles. The standard InChI is InChI=1S/C49H36N4O4/c54-42(56-32-15-3-1-4-16-32)27-29-48(36-21-9-7-19-34(36)44-46(48)52-40-25-13-11-23-38(40)50-44)31-49(30-28-43(55)57-33-17-5-2-6-18-33)37-22-10-8-20-35(37)45-47(49)53-41-26-14-12-24-39(41)51-45/h1-26H,27-31H2. The number of hydrogen-bond acceptors (Lipinski definition) is 8. The number of aromatic nitrogens is 4. The molecule has 8 aromatic rings. The highest BCUT2D eigenvalue weighted by atomic mass is 16.5. The average Bonchev–Trinajstić information content (AvgIpc) is 3.67. The van der Waals surface area contributed by atoms with Gasteiger partial charge in [0.1, 0.15) is 11.5 Å². The molecule has 10 rings (SSSR count). The van der Waals surface area contributed by atoms with E-state index in [1.54, 1.807) is 24.3 Å². The molecule has 0 saturated carbocycles. The van der Waals surface area contributed by atoms with Crippen molar-refractivity contribution in [1.29, 1.82) is 0 Å². The van der Waals surface area contributed by atoms with Crippen LogP contribution in [0.5, 0.6) is 11.5 Å². The van der Waals surface area contributed by atoms with Crippen molar-refractivity contribution in [1.82, 2.24) is 19.9 Å². The number of fused-ring (bicyclic) bond motifs is 8. The van der Waals surface area contributed by atoms with Gasteiger partial charge in [-0.05, 0) is 78.9 Å². The van der Waals surface area contributed by atoms with Gasteiger partial charge in [0, 0.05) is 34.8 Å². The molecule has 0 N–H and O–H groups in total. The van der Waals surface area contributed by atoms with Gasteiger partial charge in [-0.15, -0.1) is 0 Å². The zero-order chi connectivity index (χ0) is 38.4. The highest BCUT2D eigenvalue weighted by molar-refractivity contribution is 5.87. The van der Waals surface area contributed by atoms with Crippen LogP contribution in [0.1, 0.15) is 54.6 Å². The second-order valence-corrected chi connectivity index (χ2v) is 14.8. The Hall–Kier alpha value is -7.06. The minimum Gasteiger partial charge on any atom is -0.427 e. The molecule has 6 aromatic carbocycles. The van der Waals surface area contributed by atoms with Crippen LogP contribution in [0.25, 0.3) is 44.6 Å². The van der Waals surface area contributed by atoms with E-state index < -0.39 is 10.8 Å². The third kappa shape index (κ3) is 5.92. The molecule has 8 heteroatoms. The van der Waals surface area contributed by atoms with Crippen LogP contribution in [0.4, 0.5) is 0 Å². The molecule has 2 aromatic heterocycles. The zero-order valence-electron chi connectivity index (χ0n) is 31.0. The van der Waals surface area contributed by atoms with Crippen molar-refractivity contribution in [2.24, 2.45) is 0 Å². The Labute approximate surface area is 329 Å². The molecule has 0 aliphatic heterocycles. The van der Waals surface area contributed by atoms with Crippen molar-refractivity contribution >= 4 is 34.0 Å². The van der Waals surface area contributed by atoms with E-state index in [0.717, 1.165) is 67.1 Å². The fourth-order valence-electron chi connectivity index (χ4n) is 9.04. The van der Waals surface area contributed by atoms with Crippen LogP contribution in [-0.4, -0.2) is 31.9 Å². The van der Waals surface area contributed by atoms with Crippen LogP contribution in [0.3, 0.4) is 0 Å². The minimum atomic E-state index is -0.871. The van der Waals surface area contributed by atoms with Crippen molar-refractivity contribution in [3.8, 4) is 34.0 Å². The lowest BCUT2D eigenvalue weighted by molar-refractivity contribution is -0.135. The molecule has 0 radical (unpaired) electrons. The first kappa shape index (κ1) is 34.4. The first-order chi connectivity index (χ1) is 28.0. The van der Waals surface area contributed by atoms with Crippen molar-refractivity contribution in [2.45, 2.75) is 42.9 Å². The van der Waals surface area contributed by atoms with E-state index in [9.17, 15) is 9.59 Å². The highest BCUT2D eigenvalue weighted by Gasteiger charge is 2.55. The molecule has 2 heterocycles. The first-order valence-corrected chi connectivity index (χ1v) is 19.3. The molecule has 2 aliphatic rings. The van der Waals surface area contributed by atoms with Crippen molar-refractivity contribution in [3.63, 3.8) is 0 Å². The molecular weight excluding hydrogens is 709 g/mol. The SMILES string of the molecule is O=C(CCC1(CC2(CCC(=O)Oc3ccccc3)c3ccccc3-c3nc4ccccc4nc32)c2ccccc2-c2nc3ccccc3nc21)Oc1ccccc1. The Bertz CT molecular complexity index is 2650. The summed E-state index contributed by atoms with van der Waals surface area (Å²) in [5.41, 5.74) is 8.50. The van der Waals surface area contributed by atoms with E-state index in [-0.39, 0.29) is 24.8 Å². The van der Waals surface area contributed by atoms with E-state index in [1.807, 2.05) is 109 Å². The molecule has 0 spiro atoms. The number of ether oxygens (including phenoxy) is 2. The summed E-state index contributed by atoms with van der Waals surface area (Å²) >= 11 is 0. The van der Waals surface area contributed by atoms with Gasteiger partial charge < -0.3 is 9.47 Å². The van der Waals surface area contributed by atoms with Gasteiger partial charge in [-0.2, -0.15) is 0 Å². The Morgan fingerprint density at radius 3 is 1.19 bits per heavy atom. The smallest absolute Gasteiger partial charge is 0.311 e. The second kappa shape index (κ2) is 13.9. The van der Waals surface area contributed by atoms with Gasteiger partial charge in [-0.25, -0.2) is 19.9 Å². The summed E-state index contributed by atoms with van der Waals surface area (Å²) in [6.07, 6.45) is 1.35. The van der Waals surface area contributed by atoms with Crippen LogP contribution in [0.2, 0.25) is 0 Å². The van der Waals surface area contributed by atoms with Crippen LogP contribution in [0.15, 0.2) is 158 Å². The lowest BCUT2D eigenvalue weighted by Gasteiger charge is -2.41. The summed E-state index contributed by atoms with van der Waals surface area (Å²) in [4.78, 5) is 49.1. The molecule has 0 saturated heterocycles. The van der Waals surface area contributed by atoms with Gasteiger partial charge in [0.05, 0.1) is 44.8 Å². The van der Waals surface area contributed by atoms with Crippen LogP contribution < -0.4 is 9.47 Å². The Morgan fingerprint density at radius 2 is 0.772 bits per heavy atom. The van der Waals surface area contributed by atoms with Gasteiger partial charge >= 0.3 is 11.9 Å². The number of nitrogens with zero attached hydrogens (tertiary/aromatic N) is 4. The van der Waals surface area contributed by atoms with Gasteiger partial charge in [-0.3, -0.25) is 9.59 Å². The molecule has 0 fully saturated rings. The first-order valence-electron chi connectivity index (χ1n) is 19.3. The fourth-order valence-corrected chi connectivity index (χ4v) is 9.04. The van der Waals surface area contributed by atoms with Crippen molar-refractivity contribution < 1.29 is 19.1 Å². The van der Waals surface area contributed by atoms with E-state index in [0.29, 0.717) is 30.8 Å². The average molecular weight is 745 g/mol. The molecule has 8 nitrogen and oxygen atoms in total. The predicted octanol–water partition coefficient (Wildman–Crippen LogP) is 9.97. The summed E-state index contributed by atoms with van der Waals surface area (Å²) in [5.74, 6) is 0.282. The van der Waals surface area contributed by atoms with Crippen LogP contribution in [0, 0.1) is 0 Å². The largest absolute Gasteiger partial charge is 0.427 e. The summed E-state index contributed by atoms with van der Waals surface area (Å²) in [6.45, 7) is 0. The number of benzene rings is 6. The topological polar surface area (TPSA) is 104 Å². The molecule has 0 amide bonds. The minimum absolute atomic E-state index is 0.0984. The van der Waals surface area contributed by atoms with E-state index in [4.69, 9.17) is 29.4 Å². The van der Waals surface area contributed by atoms with E-state index in [1.165, 1.54) is 0 Å². The Morgan fingerprint density at radius 1 is 0.421 bits per heavy atom. The Kier molecular flexibility index (Phi) is 8.40. The van der Waals surface area contributed by atoms with Gasteiger partial charge in [-0.1, -0.05) is 109 Å².